The third-order valence-corrected chi connectivity index (χ3v) is 2.75. The fraction of sp³-hybridized carbons (Fsp3) is 0.214. The molecule has 0 atom stereocenters. The van der Waals surface area contributed by atoms with Crippen LogP contribution in [0.25, 0.3) is 0 Å². The number of nitrogens with one attached hydrogen (secondary N) is 1. The summed E-state index contributed by atoms with van der Waals surface area (Å²) in [6.45, 7) is 0.423. The lowest BCUT2D eigenvalue weighted by molar-refractivity contribution is -0.138. The first-order chi connectivity index (χ1) is 9.50. The Balaban J connectivity index is 2.17. The van der Waals surface area contributed by atoms with Crippen LogP contribution >= 0.6 is 0 Å². The van der Waals surface area contributed by atoms with E-state index in [1.54, 1.807) is 30.6 Å². The van der Waals surface area contributed by atoms with Crippen LogP contribution < -0.4 is 10.1 Å². The normalized spacial score (nSPS) is 11.2. The molecule has 0 aliphatic heterocycles. The Bertz CT molecular complexity index is 570. The van der Waals surface area contributed by atoms with E-state index >= 15 is 0 Å². The molecule has 0 amide bonds. The van der Waals surface area contributed by atoms with Crippen molar-refractivity contribution in [1.82, 2.24) is 4.98 Å². The first kappa shape index (κ1) is 14.2. The number of methoxy groups -OCH3 is 1. The number of rotatable bonds is 4. The molecule has 0 bridgehead atoms. The fourth-order valence-electron chi connectivity index (χ4n) is 1.74. The van der Waals surface area contributed by atoms with Crippen molar-refractivity contribution >= 4 is 5.69 Å². The van der Waals surface area contributed by atoms with Gasteiger partial charge in [0, 0.05) is 24.6 Å². The summed E-state index contributed by atoms with van der Waals surface area (Å²) >= 11 is 0. The predicted octanol–water partition coefficient (Wildman–Crippen LogP) is 3.72. The standard InChI is InChI=1S/C14H13F3N2O/c1-20-13-3-2-11(8-12(13)14(15,16)17)19-9-10-4-6-18-7-5-10/h2-8,19H,9H2,1H3. The molecule has 3 nitrogen and oxygen atoms in total. The average Bonchev–Trinajstić information content (AvgIpc) is 2.45. The number of benzene rings is 1. The minimum absolute atomic E-state index is 0.188. The summed E-state index contributed by atoms with van der Waals surface area (Å²) in [4.78, 5) is 3.88. The van der Waals surface area contributed by atoms with Gasteiger partial charge in [0.25, 0.3) is 0 Å². The van der Waals surface area contributed by atoms with Gasteiger partial charge in [-0.15, -0.1) is 0 Å². The van der Waals surface area contributed by atoms with Crippen molar-refractivity contribution in [2.75, 3.05) is 12.4 Å². The summed E-state index contributed by atoms with van der Waals surface area (Å²) in [5.74, 6) is -0.188. The number of aromatic nitrogens is 1. The molecule has 1 aromatic carbocycles. The summed E-state index contributed by atoms with van der Waals surface area (Å²) in [5.41, 5.74) is 0.527. The summed E-state index contributed by atoms with van der Waals surface area (Å²) in [6, 6.07) is 7.48. The molecule has 0 fully saturated rings. The van der Waals surface area contributed by atoms with E-state index in [9.17, 15) is 13.2 Å². The second kappa shape index (κ2) is 5.81. The zero-order valence-electron chi connectivity index (χ0n) is 10.7. The maximum Gasteiger partial charge on any atom is 0.420 e. The second-order valence-electron chi connectivity index (χ2n) is 4.12. The lowest BCUT2D eigenvalue weighted by Crippen LogP contribution is -2.09. The molecule has 0 radical (unpaired) electrons. The van der Waals surface area contributed by atoms with E-state index in [1.807, 2.05) is 0 Å². The van der Waals surface area contributed by atoms with Crippen molar-refractivity contribution in [2.24, 2.45) is 0 Å². The molecule has 0 aliphatic rings. The predicted molar refractivity (Wildman–Crippen MR) is 69.6 cm³/mol. The topological polar surface area (TPSA) is 34.1 Å². The molecule has 0 unspecified atom stereocenters. The molecule has 106 valence electrons. The van der Waals surface area contributed by atoms with Crippen molar-refractivity contribution in [3.05, 3.63) is 53.9 Å². The Morgan fingerprint density at radius 1 is 1.15 bits per heavy atom. The first-order valence-electron chi connectivity index (χ1n) is 5.88. The minimum Gasteiger partial charge on any atom is -0.496 e. The van der Waals surface area contributed by atoms with E-state index in [4.69, 9.17) is 4.74 Å². The number of alkyl halides is 3. The van der Waals surface area contributed by atoms with E-state index < -0.39 is 11.7 Å². The fourth-order valence-corrected chi connectivity index (χ4v) is 1.74. The van der Waals surface area contributed by atoms with E-state index in [0.717, 1.165) is 11.6 Å². The SMILES string of the molecule is COc1ccc(NCc2ccncc2)cc1C(F)(F)F. The van der Waals surface area contributed by atoms with Gasteiger partial charge in [0.2, 0.25) is 0 Å². The van der Waals surface area contributed by atoms with Gasteiger partial charge in [0.05, 0.1) is 12.7 Å². The molecule has 2 aromatic rings. The number of hydrogen-bond acceptors (Lipinski definition) is 3. The Kier molecular flexibility index (Phi) is 4.12. The van der Waals surface area contributed by atoms with Crippen LogP contribution in [0.3, 0.4) is 0 Å². The third-order valence-electron chi connectivity index (χ3n) is 2.75. The van der Waals surface area contributed by atoms with Gasteiger partial charge in [-0.1, -0.05) is 0 Å². The molecule has 0 aliphatic carbocycles. The smallest absolute Gasteiger partial charge is 0.420 e. The van der Waals surface area contributed by atoms with Gasteiger partial charge in [0.15, 0.2) is 0 Å². The van der Waals surface area contributed by atoms with Crippen molar-refractivity contribution in [3.63, 3.8) is 0 Å². The first-order valence-corrected chi connectivity index (χ1v) is 5.88. The van der Waals surface area contributed by atoms with Gasteiger partial charge in [-0.3, -0.25) is 4.98 Å². The van der Waals surface area contributed by atoms with Crippen molar-refractivity contribution in [1.29, 1.82) is 0 Å². The zero-order chi connectivity index (χ0) is 14.6. The highest BCUT2D eigenvalue weighted by Gasteiger charge is 2.34. The second-order valence-corrected chi connectivity index (χ2v) is 4.12. The Morgan fingerprint density at radius 3 is 2.45 bits per heavy atom. The summed E-state index contributed by atoms with van der Waals surface area (Å²) in [6.07, 6.45) is -1.18. The van der Waals surface area contributed by atoms with Crippen LogP contribution in [-0.2, 0) is 12.7 Å². The van der Waals surface area contributed by atoms with Crippen molar-refractivity contribution in [3.8, 4) is 5.75 Å². The molecular formula is C14H13F3N2O. The van der Waals surface area contributed by atoms with Crippen LogP contribution in [-0.4, -0.2) is 12.1 Å². The van der Waals surface area contributed by atoms with Gasteiger partial charge in [0.1, 0.15) is 5.75 Å². The Labute approximate surface area is 114 Å². The highest BCUT2D eigenvalue weighted by atomic mass is 19.4. The molecule has 20 heavy (non-hydrogen) atoms. The van der Waals surface area contributed by atoms with E-state index in [1.165, 1.54) is 13.2 Å². The summed E-state index contributed by atoms with van der Waals surface area (Å²) < 4.78 is 43.3. The van der Waals surface area contributed by atoms with Crippen LogP contribution in [0.1, 0.15) is 11.1 Å². The van der Waals surface area contributed by atoms with Crippen LogP contribution in [0.2, 0.25) is 0 Å². The van der Waals surface area contributed by atoms with Crippen LogP contribution in [0, 0.1) is 0 Å². The molecule has 0 saturated heterocycles. The molecular weight excluding hydrogens is 269 g/mol. The molecule has 6 heteroatoms. The maximum absolute atomic E-state index is 12.9. The Morgan fingerprint density at radius 2 is 1.85 bits per heavy atom. The largest absolute Gasteiger partial charge is 0.496 e. The molecule has 2 rings (SSSR count). The summed E-state index contributed by atoms with van der Waals surface area (Å²) in [7, 11) is 1.22. The minimum atomic E-state index is -4.44. The number of nitrogens with zero attached hydrogens (tertiary/aromatic N) is 1. The Hall–Kier alpha value is -2.24. The number of anilines is 1. The van der Waals surface area contributed by atoms with E-state index in [0.29, 0.717) is 12.2 Å². The van der Waals surface area contributed by atoms with E-state index in [2.05, 4.69) is 10.3 Å². The highest BCUT2D eigenvalue weighted by Crippen LogP contribution is 2.37. The van der Waals surface area contributed by atoms with Gasteiger partial charge >= 0.3 is 6.18 Å². The third kappa shape index (κ3) is 3.40. The number of halogens is 3. The molecule has 1 N–H and O–H groups in total. The molecule has 0 saturated carbocycles. The van der Waals surface area contributed by atoms with Crippen molar-refractivity contribution < 1.29 is 17.9 Å². The molecule has 1 heterocycles. The highest BCUT2D eigenvalue weighted by molar-refractivity contribution is 5.52. The van der Waals surface area contributed by atoms with Crippen LogP contribution in [0.4, 0.5) is 18.9 Å². The van der Waals surface area contributed by atoms with Gasteiger partial charge in [-0.25, -0.2) is 0 Å². The maximum atomic E-state index is 12.9. The van der Waals surface area contributed by atoms with Crippen LogP contribution in [0.15, 0.2) is 42.7 Å². The average molecular weight is 282 g/mol. The van der Waals surface area contributed by atoms with Gasteiger partial charge in [-0.2, -0.15) is 13.2 Å². The van der Waals surface area contributed by atoms with Gasteiger partial charge in [-0.05, 0) is 35.9 Å². The van der Waals surface area contributed by atoms with Gasteiger partial charge < -0.3 is 10.1 Å². The van der Waals surface area contributed by atoms with Crippen molar-refractivity contribution in [2.45, 2.75) is 12.7 Å². The zero-order valence-corrected chi connectivity index (χ0v) is 10.7. The number of hydrogen-bond donors (Lipinski definition) is 1. The molecule has 0 spiro atoms. The molecule has 1 aromatic heterocycles. The van der Waals surface area contributed by atoms with Crippen LogP contribution in [0.5, 0.6) is 5.75 Å². The van der Waals surface area contributed by atoms with E-state index in [-0.39, 0.29) is 5.75 Å². The number of ether oxygens (including phenoxy) is 1. The number of pyridine rings is 1. The lowest BCUT2D eigenvalue weighted by Gasteiger charge is -2.14. The monoisotopic (exact) mass is 282 g/mol. The lowest BCUT2D eigenvalue weighted by atomic mass is 10.1. The summed E-state index contributed by atoms with van der Waals surface area (Å²) in [5, 5.41) is 2.94. The quantitative estimate of drug-likeness (QED) is 0.928.